The summed E-state index contributed by atoms with van der Waals surface area (Å²) in [7, 11) is 0. The van der Waals surface area contributed by atoms with Crippen LogP contribution in [0.3, 0.4) is 0 Å². The molecule has 21 heavy (non-hydrogen) atoms. The number of carboxylic acid groups (broad SMARTS) is 2. The van der Waals surface area contributed by atoms with Crippen LogP contribution in [0.5, 0.6) is 0 Å². The van der Waals surface area contributed by atoms with E-state index in [2.05, 4.69) is 6.58 Å². The molecule has 0 heterocycles. The van der Waals surface area contributed by atoms with Gasteiger partial charge in [-0.1, -0.05) is 19.9 Å². The molecule has 2 unspecified atom stereocenters. The maximum absolute atomic E-state index is 11.9. The number of ketones is 1. The van der Waals surface area contributed by atoms with Gasteiger partial charge in [0.2, 0.25) is 0 Å². The molecule has 0 amide bonds. The molecule has 120 valence electrons. The lowest BCUT2D eigenvalue weighted by atomic mass is 9.95. The first kappa shape index (κ1) is 19.3. The molecule has 0 aromatic carbocycles. The third-order valence-electron chi connectivity index (χ3n) is 3.13. The van der Waals surface area contributed by atoms with E-state index in [1.807, 2.05) is 6.92 Å². The number of Topliss-reactive ketones (excluding diaryl/α,β-unsaturated/α-hetero) is 1. The van der Waals surface area contributed by atoms with Crippen LogP contribution in [0.1, 0.15) is 39.5 Å². The summed E-state index contributed by atoms with van der Waals surface area (Å²) in [5.41, 5.74) is 0.478. The first-order chi connectivity index (χ1) is 9.79. The van der Waals surface area contributed by atoms with Crippen molar-refractivity contribution >= 4 is 17.7 Å². The van der Waals surface area contributed by atoms with Crippen molar-refractivity contribution < 1.29 is 29.3 Å². The van der Waals surface area contributed by atoms with Crippen LogP contribution < -0.4 is 0 Å². The number of hydrogen-bond acceptors (Lipinski definition) is 4. The molecule has 0 saturated carbocycles. The molecular weight excluding hydrogens is 276 g/mol. The van der Waals surface area contributed by atoms with Gasteiger partial charge in [-0.05, 0) is 25.3 Å². The van der Waals surface area contributed by atoms with E-state index in [0.29, 0.717) is 12.0 Å². The van der Waals surface area contributed by atoms with Crippen molar-refractivity contribution in [2.24, 2.45) is 11.8 Å². The SMILES string of the molecule is C=C(C)C(=O)C(CCC)COCCC(CC(=O)O)C(=O)O. The fourth-order valence-corrected chi connectivity index (χ4v) is 1.96. The molecule has 6 heteroatoms. The molecule has 0 spiro atoms. The van der Waals surface area contributed by atoms with Gasteiger partial charge in [0.1, 0.15) is 0 Å². The van der Waals surface area contributed by atoms with Crippen LogP contribution in [-0.2, 0) is 19.1 Å². The molecule has 2 N–H and O–H groups in total. The van der Waals surface area contributed by atoms with Gasteiger partial charge in [-0.15, -0.1) is 0 Å². The summed E-state index contributed by atoms with van der Waals surface area (Å²) in [5, 5.41) is 17.5. The number of carbonyl (C=O) groups excluding carboxylic acids is 1. The van der Waals surface area contributed by atoms with Crippen molar-refractivity contribution in [2.75, 3.05) is 13.2 Å². The second-order valence-electron chi connectivity index (χ2n) is 5.13. The Morgan fingerprint density at radius 3 is 2.19 bits per heavy atom. The Kier molecular flexibility index (Phi) is 9.28. The molecule has 0 rings (SSSR count). The van der Waals surface area contributed by atoms with Crippen LogP contribution in [0.15, 0.2) is 12.2 Å². The summed E-state index contributed by atoms with van der Waals surface area (Å²) in [5.74, 6) is -3.58. The maximum atomic E-state index is 11.9. The topological polar surface area (TPSA) is 101 Å². The Labute approximate surface area is 124 Å². The van der Waals surface area contributed by atoms with Crippen molar-refractivity contribution in [1.29, 1.82) is 0 Å². The van der Waals surface area contributed by atoms with Gasteiger partial charge < -0.3 is 14.9 Å². The Hall–Kier alpha value is -1.69. The third-order valence-corrected chi connectivity index (χ3v) is 3.13. The highest BCUT2D eigenvalue weighted by Gasteiger charge is 2.22. The van der Waals surface area contributed by atoms with E-state index in [1.54, 1.807) is 6.92 Å². The Balaban J connectivity index is 4.25. The second kappa shape index (κ2) is 10.1. The first-order valence-corrected chi connectivity index (χ1v) is 7.01. The highest BCUT2D eigenvalue weighted by Crippen LogP contribution is 2.14. The lowest BCUT2D eigenvalue weighted by molar-refractivity contribution is -0.149. The van der Waals surface area contributed by atoms with E-state index in [4.69, 9.17) is 14.9 Å². The summed E-state index contributed by atoms with van der Waals surface area (Å²) < 4.78 is 5.36. The number of allylic oxidation sites excluding steroid dienone is 1. The molecule has 0 saturated heterocycles. The fraction of sp³-hybridized carbons (Fsp3) is 0.667. The number of carbonyl (C=O) groups is 3. The van der Waals surface area contributed by atoms with Crippen molar-refractivity contribution in [3.63, 3.8) is 0 Å². The van der Waals surface area contributed by atoms with Gasteiger partial charge >= 0.3 is 11.9 Å². The number of aliphatic carboxylic acids is 2. The van der Waals surface area contributed by atoms with Gasteiger partial charge in [-0.2, -0.15) is 0 Å². The fourth-order valence-electron chi connectivity index (χ4n) is 1.96. The number of rotatable bonds is 12. The van der Waals surface area contributed by atoms with Crippen LogP contribution in [0.2, 0.25) is 0 Å². The molecule has 0 aliphatic carbocycles. The summed E-state index contributed by atoms with van der Waals surface area (Å²) in [6.45, 7) is 7.56. The molecule has 0 aromatic rings. The number of hydrogen-bond donors (Lipinski definition) is 2. The second-order valence-corrected chi connectivity index (χ2v) is 5.13. The monoisotopic (exact) mass is 300 g/mol. The zero-order chi connectivity index (χ0) is 16.4. The smallest absolute Gasteiger partial charge is 0.307 e. The molecule has 0 aliphatic heterocycles. The third kappa shape index (κ3) is 8.24. The Morgan fingerprint density at radius 1 is 1.14 bits per heavy atom. The van der Waals surface area contributed by atoms with Gasteiger partial charge in [0.25, 0.3) is 0 Å². The summed E-state index contributed by atoms with van der Waals surface area (Å²) in [6, 6.07) is 0. The Morgan fingerprint density at radius 2 is 1.76 bits per heavy atom. The standard InChI is InChI=1S/C15H24O6/c1-4-5-12(14(18)10(2)3)9-21-7-6-11(15(19)20)8-13(16)17/h11-12H,2,4-9H2,1,3H3,(H,16,17)(H,19,20). The summed E-state index contributed by atoms with van der Waals surface area (Å²) in [6.07, 6.45) is 1.20. The quantitative estimate of drug-likeness (QED) is 0.423. The Bertz CT molecular complexity index is 388. The van der Waals surface area contributed by atoms with E-state index >= 15 is 0 Å². The lowest BCUT2D eigenvalue weighted by Crippen LogP contribution is -2.23. The van der Waals surface area contributed by atoms with Crippen LogP contribution in [-0.4, -0.2) is 41.1 Å². The molecule has 0 bridgehead atoms. The average Bonchev–Trinajstić information content (AvgIpc) is 2.39. The van der Waals surface area contributed by atoms with Gasteiger partial charge in [0, 0.05) is 12.5 Å². The average molecular weight is 300 g/mol. The van der Waals surface area contributed by atoms with Crippen LogP contribution in [0.25, 0.3) is 0 Å². The number of ether oxygens (including phenoxy) is 1. The van der Waals surface area contributed by atoms with Gasteiger partial charge in [0.05, 0.1) is 18.9 Å². The van der Waals surface area contributed by atoms with Crippen LogP contribution in [0, 0.1) is 11.8 Å². The highest BCUT2D eigenvalue weighted by atomic mass is 16.5. The van der Waals surface area contributed by atoms with E-state index in [9.17, 15) is 14.4 Å². The van der Waals surface area contributed by atoms with E-state index in [0.717, 1.165) is 6.42 Å². The van der Waals surface area contributed by atoms with Crippen molar-refractivity contribution in [1.82, 2.24) is 0 Å². The highest BCUT2D eigenvalue weighted by molar-refractivity contribution is 5.96. The van der Waals surface area contributed by atoms with Gasteiger partial charge in [-0.3, -0.25) is 14.4 Å². The molecule has 0 radical (unpaired) electrons. The maximum Gasteiger partial charge on any atom is 0.307 e. The minimum absolute atomic E-state index is 0.0443. The predicted molar refractivity (Wildman–Crippen MR) is 77.0 cm³/mol. The largest absolute Gasteiger partial charge is 0.481 e. The van der Waals surface area contributed by atoms with Crippen LogP contribution in [0.4, 0.5) is 0 Å². The zero-order valence-corrected chi connectivity index (χ0v) is 12.6. The van der Waals surface area contributed by atoms with E-state index < -0.39 is 24.3 Å². The molecule has 0 aliphatic rings. The van der Waals surface area contributed by atoms with Crippen molar-refractivity contribution in [3.05, 3.63) is 12.2 Å². The molecular formula is C15H24O6. The minimum atomic E-state index is -1.15. The molecule has 6 nitrogen and oxygen atoms in total. The molecule has 2 atom stereocenters. The van der Waals surface area contributed by atoms with E-state index in [1.165, 1.54) is 0 Å². The van der Waals surface area contributed by atoms with Crippen molar-refractivity contribution in [2.45, 2.75) is 39.5 Å². The molecule has 0 aromatic heterocycles. The first-order valence-electron chi connectivity index (χ1n) is 7.01. The van der Waals surface area contributed by atoms with Gasteiger partial charge in [-0.25, -0.2) is 0 Å². The summed E-state index contributed by atoms with van der Waals surface area (Å²) >= 11 is 0. The van der Waals surface area contributed by atoms with Gasteiger partial charge in [0.15, 0.2) is 5.78 Å². The summed E-state index contributed by atoms with van der Waals surface area (Å²) in [4.78, 5) is 33.3. The lowest BCUT2D eigenvalue weighted by Gasteiger charge is -2.16. The van der Waals surface area contributed by atoms with Crippen molar-refractivity contribution in [3.8, 4) is 0 Å². The zero-order valence-electron chi connectivity index (χ0n) is 12.6. The number of carboxylic acids is 2. The predicted octanol–water partition coefficient (Wildman–Crippen LogP) is 2.13. The minimum Gasteiger partial charge on any atom is -0.481 e. The molecule has 0 fully saturated rings. The normalized spacial score (nSPS) is 13.4. The van der Waals surface area contributed by atoms with Crippen LogP contribution >= 0.6 is 0 Å². The van der Waals surface area contributed by atoms with E-state index in [-0.39, 0.29) is 31.3 Å².